The first-order valence-corrected chi connectivity index (χ1v) is 6.16. The van der Waals surface area contributed by atoms with E-state index in [1.165, 1.54) is 0 Å². The van der Waals surface area contributed by atoms with Gasteiger partial charge in [-0.1, -0.05) is 0 Å². The molecule has 3 heterocycles. The van der Waals surface area contributed by atoms with Crippen LogP contribution < -0.4 is 11.1 Å². The Bertz CT molecular complexity index is 813. The molecule has 0 atom stereocenters. The molecule has 0 aliphatic heterocycles. The fourth-order valence-corrected chi connectivity index (χ4v) is 2.10. The number of hydrogen-bond acceptors (Lipinski definition) is 6. The minimum atomic E-state index is -0.941. The molecule has 21 heavy (non-hydrogen) atoms. The van der Waals surface area contributed by atoms with Crippen LogP contribution in [0.4, 0.5) is 11.6 Å². The first kappa shape index (κ1) is 12.9. The number of nitrogen functional groups attached to an aromatic ring is 1. The first-order valence-electron chi connectivity index (χ1n) is 6.16. The molecule has 0 saturated carbocycles. The van der Waals surface area contributed by atoms with Crippen LogP contribution in [-0.2, 0) is 4.79 Å². The minimum absolute atomic E-state index is 0.172. The Hall–Kier alpha value is -3.16. The Morgan fingerprint density at radius 3 is 2.90 bits per heavy atom. The second-order valence-electron chi connectivity index (χ2n) is 4.33. The smallest absolute Gasteiger partial charge is 0.322 e. The monoisotopic (exact) mass is 284 g/mol. The van der Waals surface area contributed by atoms with Crippen molar-refractivity contribution in [2.75, 3.05) is 17.6 Å². The second kappa shape index (κ2) is 5.08. The third-order valence-electron chi connectivity index (χ3n) is 2.95. The summed E-state index contributed by atoms with van der Waals surface area (Å²) in [5.41, 5.74) is 8.32. The number of carbonyl (C=O) groups is 1. The van der Waals surface area contributed by atoms with Gasteiger partial charge in [0, 0.05) is 29.8 Å². The Labute approximate surface area is 119 Å². The van der Waals surface area contributed by atoms with Crippen LogP contribution in [0.5, 0.6) is 0 Å². The zero-order chi connectivity index (χ0) is 14.8. The van der Waals surface area contributed by atoms with E-state index < -0.39 is 5.97 Å². The zero-order valence-corrected chi connectivity index (χ0v) is 10.9. The molecule has 0 amide bonds. The molecule has 106 valence electrons. The minimum Gasteiger partial charge on any atom is -0.480 e. The van der Waals surface area contributed by atoms with Gasteiger partial charge in [-0.25, -0.2) is 15.0 Å². The van der Waals surface area contributed by atoms with Gasteiger partial charge in [-0.15, -0.1) is 0 Å². The Balaban J connectivity index is 2.13. The van der Waals surface area contributed by atoms with Crippen LogP contribution in [0.2, 0.25) is 0 Å². The lowest BCUT2D eigenvalue weighted by molar-refractivity contribution is -0.134. The molecule has 0 fully saturated rings. The summed E-state index contributed by atoms with van der Waals surface area (Å²) in [6.45, 7) is -0.185. The SMILES string of the molecule is Nc1nccc(-c2c[nH]c3nccc(NCC(=O)O)c23)n1. The van der Waals surface area contributed by atoms with Crippen LogP contribution in [0, 0.1) is 0 Å². The average molecular weight is 284 g/mol. The van der Waals surface area contributed by atoms with Crippen molar-refractivity contribution in [1.29, 1.82) is 0 Å². The standard InChI is InChI=1S/C13H12N6O2/c14-13-16-4-1-8(19-13)7-5-18-12-11(7)9(2-3-15-12)17-6-10(20)21/h1-5H,6H2,(H,20,21)(H2,14,16,19)(H2,15,17,18). The number of rotatable bonds is 4. The number of aromatic amines is 1. The summed E-state index contributed by atoms with van der Waals surface area (Å²) in [6.07, 6.45) is 4.92. The van der Waals surface area contributed by atoms with Crippen molar-refractivity contribution in [2.45, 2.75) is 0 Å². The van der Waals surface area contributed by atoms with Crippen molar-refractivity contribution in [2.24, 2.45) is 0 Å². The lowest BCUT2D eigenvalue weighted by Crippen LogP contribution is -2.12. The number of hydrogen-bond donors (Lipinski definition) is 4. The molecular formula is C13H12N6O2. The molecule has 5 N–H and O–H groups in total. The topological polar surface area (TPSA) is 130 Å². The van der Waals surface area contributed by atoms with Crippen molar-refractivity contribution in [1.82, 2.24) is 19.9 Å². The van der Waals surface area contributed by atoms with Crippen LogP contribution >= 0.6 is 0 Å². The lowest BCUT2D eigenvalue weighted by Gasteiger charge is -2.07. The molecule has 0 unspecified atom stereocenters. The predicted molar refractivity (Wildman–Crippen MR) is 77.7 cm³/mol. The quantitative estimate of drug-likeness (QED) is 0.564. The molecule has 0 aromatic carbocycles. The molecule has 0 aliphatic rings. The van der Waals surface area contributed by atoms with Crippen LogP contribution in [-0.4, -0.2) is 37.6 Å². The maximum absolute atomic E-state index is 10.7. The second-order valence-corrected chi connectivity index (χ2v) is 4.33. The van der Waals surface area contributed by atoms with Crippen molar-refractivity contribution in [3.05, 3.63) is 30.7 Å². The molecule has 0 spiro atoms. The van der Waals surface area contributed by atoms with E-state index in [0.717, 1.165) is 10.9 Å². The van der Waals surface area contributed by atoms with Gasteiger partial charge in [0.2, 0.25) is 5.95 Å². The summed E-state index contributed by atoms with van der Waals surface area (Å²) in [4.78, 5) is 26.0. The van der Waals surface area contributed by atoms with E-state index in [1.807, 2.05) is 0 Å². The van der Waals surface area contributed by atoms with Crippen LogP contribution in [0.15, 0.2) is 30.7 Å². The van der Waals surface area contributed by atoms with Gasteiger partial charge in [0.1, 0.15) is 12.2 Å². The summed E-state index contributed by atoms with van der Waals surface area (Å²) in [5.74, 6) is -0.769. The Morgan fingerprint density at radius 2 is 2.14 bits per heavy atom. The molecule has 0 aliphatic carbocycles. The van der Waals surface area contributed by atoms with Crippen molar-refractivity contribution >= 4 is 28.6 Å². The normalized spacial score (nSPS) is 10.7. The Kier molecular flexibility index (Phi) is 3.11. The number of nitrogens with two attached hydrogens (primary N) is 1. The number of carboxylic acid groups (broad SMARTS) is 1. The summed E-state index contributed by atoms with van der Waals surface area (Å²) in [5, 5.41) is 12.4. The van der Waals surface area contributed by atoms with Gasteiger partial charge < -0.3 is 21.1 Å². The largest absolute Gasteiger partial charge is 0.480 e. The highest BCUT2D eigenvalue weighted by Crippen LogP contribution is 2.31. The number of H-pyrrole nitrogens is 1. The third-order valence-corrected chi connectivity index (χ3v) is 2.95. The molecule has 8 nitrogen and oxygen atoms in total. The number of aromatic nitrogens is 4. The maximum atomic E-state index is 10.7. The summed E-state index contributed by atoms with van der Waals surface area (Å²) < 4.78 is 0. The van der Waals surface area contributed by atoms with Gasteiger partial charge >= 0.3 is 5.97 Å². The number of anilines is 2. The number of carboxylic acids is 1. The van der Waals surface area contributed by atoms with Crippen molar-refractivity contribution < 1.29 is 9.90 Å². The molecule has 3 aromatic heterocycles. The van der Waals surface area contributed by atoms with Crippen LogP contribution in [0.3, 0.4) is 0 Å². The van der Waals surface area contributed by atoms with Gasteiger partial charge in [0.05, 0.1) is 11.1 Å². The molecule has 0 radical (unpaired) electrons. The highest BCUT2D eigenvalue weighted by molar-refractivity contribution is 6.02. The predicted octanol–water partition coefficient (Wildman–Crippen LogP) is 1.10. The van der Waals surface area contributed by atoms with Gasteiger partial charge in [0.25, 0.3) is 0 Å². The highest BCUT2D eigenvalue weighted by Gasteiger charge is 2.13. The van der Waals surface area contributed by atoms with E-state index in [-0.39, 0.29) is 12.5 Å². The Morgan fingerprint density at radius 1 is 1.33 bits per heavy atom. The number of fused-ring (bicyclic) bond motifs is 1. The maximum Gasteiger partial charge on any atom is 0.322 e. The van der Waals surface area contributed by atoms with E-state index in [2.05, 4.69) is 25.3 Å². The number of nitrogens with zero attached hydrogens (tertiary/aromatic N) is 3. The van der Waals surface area contributed by atoms with Gasteiger partial charge in [-0.3, -0.25) is 4.79 Å². The van der Waals surface area contributed by atoms with E-state index in [0.29, 0.717) is 17.0 Å². The van der Waals surface area contributed by atoms with Crippen molar-refractivity contribution in [3.63, 3.8) is 0 Å². The third kappa shape index (κ3) is 2.46. The molecule has 8 heteroatoms. The fraction of sp³-hybridized carbons (Fsp3) is 0.0769. The van der Waals surface area contributed by atoms with Gasteiger partial charge in [-0.2, -0.15) is 0 Å². The summed E-state index contributed by atoms with van der Waals surface area (Å²) >= 11 is 0. The van der Waals surface area contributed by atoms with Crippen molar-refractivity contribution in [3.8, 4) is 11.3 Å². The van der Waals surface area contributed by atoms with E-state index in [9.17, 15) is 4.79 Å². The van der Waals surface area contributed by atoms with E-state index in [4.69, 9.17) is 10.8 Å². The van der Waals surface area contributed by atoms with Crippen LogP contribution in [0.25, 0.3) is 22.3 Å². The fourth-order valence-electron chi connectivity index (χ4n) is 2.10. The molecule has 3 aromatic rings. The van der Waals surface area contributed by atoms with Crippen LogP contribution in [0.1, 0.15) is 0 Å². The zero-order valence-electron chi connectivity index (χ0n) is 10.9. The lowest BCUT2D eigenvalue weighted by atomic mass is 10.1. The summed E-state index contributed by atoms with van der Waals surface area (Å²) in [7, 11) is 0. The number of aliphatic carboxylic acids is 1. The van der Waals surface area contributed by atoms with E-state index in [1.54, 1.807) is 30.7 Å². The highest BCUT2D eigenvalue weighted by atomic mass is 16.4. The first-order chi connectivity index (χ1) is 10.1. The van der Waals surface area contributed by atoms with E-state index >= 15 is 0 Å². The average Bonchev–Trinajstić information content (AvgIpc) is 2.89. The van der Waals surface area contributed by atoms with Gasteiger partial charge in [-0.05, 0) is 12.1 Å². The molecule has 3 rings (SSSR count). The number of nitrogens with one attached hydrogen (secondary N) is 2. The molecular weight excluding hydrogens is 272 g/mol. The molecule has 0 saturated heterocycles. The molecule has 0 bridgehead atoms. The summed E-state index contributed by atoms with van der Waals surface area (Å²) in [6, 6.07) is 3.44. The number of pyridine rings is 1. The van der Waals surface area contributed by atoms with Gasteiger partial charge in [0.15, 0.2) is 0 Å².